The lowest BCUT2D eigenvalue weighted by Crippen LogP contribution is -2.38. The maximum absolute atomic E-state index is 12.9. The lowest BCUT2D eigenvalue weighted by Gasteiger charge is -2.29. The standard InChI is InChI=1S/C24H27N3O3S2/c1-3-32(29,30)27-13-11-19(12-14-27)24-26-22(16-31-24)23(28)25-21-10-9-17(2)15-20(21)18-7-5-4-6-8-18/h4-10,15-16,19H,3,11-14H2,1-2H3,(H,25,28). The molecule has 1 fully saturated rings. The van der Waals surface area contributed by atoms with Gasteiger partial charge in [-0.05, 0) is 44.4 Å². The summed E-state index contributed by atoms with van der Waals surface area (Å²) in [6.45, 7) is 4.71. The molecule has 1 saturated heterocycles. The minimum Gasteiger partial charge on any atom is -0.320 e. The first-order chi connectivity index (χ1) is 15.4. The van der Waals surface area contributed by atoms with Crippen molar-refractivity contribution in [2.24, 2.45) is 0 Å². The van der Waals surface area contributed by atoms with E-state index in [4.69, 9.17) is 0 Å². The lowest BCUT2D eigenvalue weighted by molar-refractivity contribution is 0.102. The highest BCUT2D eigenvalue weighted by molar-refractivity contribution is 7.89. The largest absolute Gasteiger partial charge is 0.320 e. The number of aryl methyl sites for hydroxylation is 1. The number of thiazole rings is 1. The summed E-state index contributed by atoms with van der Waals surface area (Å²) in [6, 6.07) is 15.9. The second-order valence-corrected chi connectivity index (χ2v) is 11.2. The van der Waals surface area contributed by atoms with Crippen LogP contribution in [0.15, 0.2) is 53.9 Å². The quantitative estimate of drug-likeness (QED) is 0.557. The predicted octanol–water partition coefficient (Wildman–Crippen LogP) is 4.90. The number of aromatic nitrogens is 1. The Balaban J connectivity index is 1.47. The number of hydrogen-bond acceptors (Lipinski definition) is 5. The van der Waals surface area contributed by atoms with Crippen molar-refractivity contribution >= 4 is 33.0 Å². The number of carbonyl (C=O) groups excluding carboxylic acids is 1. The molecule has 0 unspecified atom stereocenters. The van der Waals surface area contributed by atoms with Gasteiger partial charge in [-0.25, -0.2) is 17.7 Å². The fraction of sp³-hybridized carbons (Fsp3) is 0.333. The van der Waals surface area contributed by atoms with E-state index in [2.05, 4.69) is 16.4 Å². The average molecular weight is 470 g/mol. The maximum Gasteiger partial charge on any atom is 0.275 e. The van der Waals surface area contributed by atoms with Gasteiger partial charge in [-0.15, -0.1) is 11.3 Å². The van der Waals surface area contributed by atoms with Gasteiger partial charge in [0.15, 0.2) is 0 Å². The Kier molecular flexibility index (Phi) is 6.74. The molecule has 32 heavy (non-hydrogen) atoms. The Bertz CT molecular complexity index is 1200. The molecule has 2 aromatic carbocycles. The van der Waals surface area contributed by atoms with Crippen LogP contribution in [-0.4, -0.2) is 42.5 Å². The van der Waals surface area contributed by atoms with Crippen LogP contribution in [0.2, 0.25) is 0 Å². The minimum absolute atomic E-state index is 0.128. The third-order valence-electron chi connectivity index (χ3n) is 5.82. The van der Waals surface area contributed by atoms with Gasteiger partial charge in [0.1, 0.15) is 5.69 Å². The molecule has 0 atom stereocenters. The Morgan fingerprint density at radius 1 is 1.16 bits per heavy atom. The highest BCUT2D eigenvalue weighted by Crippen LogP contribution is 2.32. The zero-order chi connectivity index (χ0) is 22.7. The zero-order valence-corrected chi connectivity index (χ0v) is 19.9. The zero-order valence-electron chi connectivity index (χ0n) is 18.2. The van der Waals surface area contributed by atoms with Crippen molar-refractivity contribution in [2.75, 3.05) is 24.2 Å². The minimum atomic E-state index is -3.15. The molecule has 1 amide bonds. The van der Waals surface area contributed by atoms with Crippen LogP contribution >= 0.6 is 11.3 Å². The van der Waals surface area contributed by atoms with E-state index in [1.807, 2.05) is 49.4 Å². The summed E-state index contributed by atoms with van der Waals surface area (Å²) in [5.41, 5.74) is 4.28. The summed E-state index contributed by atoms with van der Waals surface area (Å²) in [5.74, 6) is 0.0760. The number of sulfonamides is 1. The number of anilines is 1. The van der Waals surface area contributed by atoms with Crippen LogP contribution in [0.4, 0.5) is 5.69 Å². The van der Waals surface area contributed by atoms with Crippen LogP contribution in [0.25, 0.3) is 11.1 Å². The molecule has 1 aliphatic rings. The van der Waals surface area contributed by atoms with Crippen molar-refractivity contribution in [1.82, 2.24) is 9.29 Å². The number of benzene rings is 2. The number of nitrogens with one attached hydrogen (secondary N) is 1. The highest BCUT2D eigenvalue weighted by atomic mass is 32.2. The normalized spacial score (nSPS) is 15.6. The molecule has 8 heteroatoms. The summed E-state index contributed by atoms with van der Waals surface area (Å²) < 4.78 is 25.7. The summed E-state index contributed by atoms with van der Waals surface area (Å²) in [5, 5.41) is 5.71. The molecule has 0 spiro atoms. The van der Waals surface area contributed by atoms with Crippen LogP contribution in [0, 0.1) is 6.92 Å². The summed E-state index contributed by atoms with van der Waals surface area (Å²) >= 11 is 1.47. The summed E-state index contributed by atoms with van der Waals surface area (Å²) in [4.78, 5) is 17.5. The van der Waals surface area contributed by atoms with Gasteiger partial charge >= 0.3 is 0 Å². The lowest BCUT2D eigenvalue weighted by atomic mass is 9.99. The molecule has 0 radical (unpaired) electrons. The van der Waals surface area contributed by atoms with E-state index in [-0.39, 0.29) is 17.6 Å². The van der Waals surface area contributed by atoms with Gasteiger partial charge in [0.05, 0.1) is 10.8 Å². The van der Waals surface area contributed by atoms with Crippen molar-refractivity contribution in [3.63, 3.8) is 0 Å². The molecule has 1 aromatic heterocycles. The first kappa shape index (κ1) is 22.6. The fourth-order valence-electron chi connectivity index (χ4n) is 3.95. The summed E-state index contributed by atoms with van der Waals surface area (Å²) in [7, 11) is -3.15. The molecule has 4 rings (SSSR count). The van der Waals surface area contributed by atoms with E-state index >= 15 is 0 Å². The van der Waals surface area contributed by atoms with E-state index in [1.54, 1.807) is 16.6 Å². The van der Waals surface area contributed by atoms with E-state index in [9.17, 15) is 13.2 Å². The van der Waals surface area contributed by atoms with Gasteiger partial charge in [-0.1, -0.05) is 42.0 Å². The average Bonchev–Trinajstić information content (AvgIpc) is 3.31. The molecule has 1 N–H and O–H groups in total. The first-order valence-electron chi connectivity index (χ1n) is 10.8. The van der Waals surface area contributed by atoms with E-state index in [1.165, 1.54) is 11.3 Å². The maximum atomic E-state index is 12.9. The second kappa shape index (κ2) is 9.52. The fourth-order valence-corrected chi connectivity index (χ4v) is 6.06. The third-order valence-corrected chi connectivity index (χ3v) is 8.71. The SMILES string of the molecule is CCS(=O)(=O)N1CCC(c2nc(C(=O)Nc3ccc(C)cc3-c3ccccc3)cs2)CC1. The van der Waals surface area contributed by atoms with Crippen molar-refractivity contribution in [1.29, 1.82) is 0 Å². The number of amides is 1. The molecule has 168 valence electrons. The van der Waals surface area contributed by atoms with Gasteiger partial charge in [0.2, 0.25) is 10.0 Å². The van der Waals surface area contributed by atoms with Crippen LogP contribution in [-0.2, 0) is 10.0 Å². The highest BCUT2D eigenvalue weighted by Gasteiger charge is 2.29. The van der Waals surface area contributed by atoms with Crippen molar-refractivity contribution in [2.45, 2.75) is 32.6 Å². The number of rotatable bonds is 6. The van der Waals surface area contributed by atoms with E-state index in [0.717, 1.165) is 40.2 Å². The van der Waals surface area contributed by atoms with Crippen molar-refractivity contribution in [3.05, 3.63) is 70.2 Å². The second-order valence-electron chi connectivity index (χ2n) is 8.01. The topological polar surface area (TPSA) is 79.4 Å². The Hall–Kier alpha value is -2.55. The number of piperidine rings is 1. The molecule has 0 saturated carbocycles. The third kappa shape index (κ3) is 4.92. The number of carbonyl (C=O) groups is 1. The summed E-state index contributed by atoms with van der Waals surface area (Å²) in [6.07, 6.45) is 1.45. The molecule has 6 nitrogen and oxygen atoms in total. The van der Waals surface area contributed by atoms with Crippen LogP contribution in [0.5, 0.6) is 0 Å². The van der Waals surface area contributed by atoms with Crippen molar-refractivity contribution < 1.29 is 13.2 Å². The molecule has 1 aliphatic heterocycles. The molecule has 0 aliphatic carbocycles. The Labute approximate surface area is 193 Å². The monoisotopic (exact) mass is 469 g/mol. The van der Waals surface area contributed by atoms with E-state index < -0.39 is 10.0 Å². The van der Waals surface area contributed by atoms with Crippen molar-refractivity contribution in [3.8, 4) is 11.1 Å². The first-order valence-corrected chi connectivity index (χ1v) is 13.3. The van der Waals surface area contributed by atoms with Gasteiger partial charge in [-0.3, -0.25) is 4.79 Å². The molecule has 2 heterocycles. The van der Waals surface area contributed by atoms with Gasteiger partial charge in [-0.2, -0.15) is 0 Å². The Morgan fingerprint density at radius 3 is 2.56 bits per heavy atom. The van der Waals surface area contributed by atoms with Gasteiger partial charge in [0, 0.05) is 35.6 Å². The molecular formula is C24H27N3O3S2. The Morgan fingerprint density at radius 2 is 1.88 bits per heavy atom. The predicted molar refractivity (Wildman–Crippen MR) is 130 cm³/mol. The van der Waals surface area contributed by atoms with Gasteiger partial charge in [0.25, 0.3) is 5.91 Å². The van der Waals surface area contributed by atoms with Gasteiger partial charge < -0.3 is 5.32 Å². The van der Waals surface area contributed by atoms with E-state index in [0.29, 0.717) is 18.8 Å². The number of nitrogens with zero attached hydrogens (tertiary/aromatic N) is 2. The number of hydrogen-bond donors (Lipinski definition) is 1. The molecule has 3 aromatic rings. The van der Waals surface area contributed by atoms with Crippen LogP contribution in [0.3, 0.4) is 0 Å². The molecule has 0 bridgehead atoms. The van der Waals surface area contributed by atoms with Crippen LogP contribution in [0.1, 0.15) is 46.7 Å². The smallest absolute Gasteiger partial charge is 0.275 e. The van der Waals surface area contributed by atoms with Crippen LogP contribution < -0.4 is 5.32 Å². The molecular weight excluding hydrogens is 442 g/mol.